The van der Waals surface area contributed by atoms with Crippen LogP contribution in [0.4, 0.5) is 0 Å². The molecule has 0 N–H and O–H groups in total. The normalized spacial score (nSPS) is 38.0. The number of carbonyl (C=O) groups is 1. The van der Waals surface area contributed by atoms with E-state index in [1.807, 2.05) is 0 Å². The Morgan fingerprint density at radius 1 is 1.29 bits per heavy atom. The zero-order valence-electron chi connectivity index (χ0n) is 9.03. The molecule has 2 heterocycles. The minimum absolute atomic E-state index is 0.0405. The fraction of sp³-hybridized carbons (Fsp3) is 0.909. The van der Waals surface area contributed by atoms with Gasteiger partial charge in [-0.05, 0) is 32.6 Å². The summed E-state index contributed by atoms with van der Waals surface area (Å²) in [5.74, 6) is -0.0405. The van der Waals surface area contributed by atoms with Crippen molar-refractivity contribution in [3.05, 3.63) is 0 Å². The summed E-state index contributed by atoms with van der Waals surface area (Å²) in [6.45, 7) is 2.23. The molecule has 3 atom stereocenters. The molecule has 2 saturated heterocycles. The first-order chi connectivity index (χ1) is 6.74. The van der Waals surface area contributed by atoms with Crippen LogP contribution in [0.3, 0.4) is 0 Å². The minimum atomic E-state index is -0.0405. The molecule has 0 bridgehead atoms. The molecule has 3 nitrogen and oxygen atoms in total. The number of methoxy groups -OCH3 is 1. The van der Waals surface area contributed by atoms with Gasteiger partial charge in [0.2, 0.25) is 0 Å². The Morgan fingerprint density at radius 2 is 2.07 bits per heavy atom. The van der Waals surface area contributed by atoms with Crippen molar-refractivity contribution in [1.82, 2.24) is 4.90 Å². The number of ether oxygens (including phenoxy) is 1. The standard InChI is InChI=1S/C11H19NO2/c1-8-4-3-5-9-6-7-10(12(8)9)11(13)14-2/h8-10H,3-7H2,1-2H3/t8-,9-,10-/m0/s1. The second kappa shape index (κ2) is 3.89. The molecule has 2 aliphatic heterocycles. The predicted octanol–water partition coefficient (Wildman–Crippen LogP) is 1.56. The number of fused-ring (bicyclic) bond motifs is 1. The summed E-state index contributed by atoms with van der Waals surface area (Å²) in [6.07, 6.45) is 5.96. The molecule has 0 saturated carbocycles. The lowest BCUT2D eigenvalue weighted by atomic mass is 9.97. The van der Waals surface area contributed by atoms with Crippen LogP contribution in [-0.2, 0) is 9.53 Å². The molecule has 0 aromatic heterocycles. The van der Waals surface area contributed by atoms with E-state index >= 15 is 0 Å². The van der Waals surface area contributed by atoms with Crippen LogP contribution >= 0.6 is 0 Å². The van der Waals surface area contributed by atoms with Gasteiger partial charge in [0.25, 0.3) is 0 Å². The van der Waals surface area contributed by atoms with Gasteiger partial charge in [-0.15, -0.1) is 0 Å². The summed E-state index contributed by atoms with van der Waals surface area (Å²) in [4.78, 5) is 13.9. The third kappa shape index (κ3) is 1.54. The van der Waals surface area contributed by atoms with Crippen LogP contribution in [0.25, 0.3) is 0 Å². The Bertz CT molecular complexity index is 229. The monoisotopic (exact) mass is 197 g/mol. The summed E-state index contributed by atoms with van der Waals surface area (Å²) in [5, 5.41) is 0. The van der Waals surface area contributed by atoms with Gasteiger partial charge in [-0.25, -0.2) is 0 Å². The third-order valence-corrected chi connectivity index (χ3v) is 3.70. The highest BCUT2D eigenvalue weighted by molar-refractivity contribution is 5.76. The molecule has 2 fully saturated rings. The van der Waals surface area contributed by atoms with Gasteiger partial charge in [-0.1, -0.05) is 6.42 Å². The highest BCUT2D eigenvalue weighted by Gasteiger charge is 2.42. The van der Waals surface area contributed by atoms with E-state index in [1.54, 1.807) is 0 Å². The Balaban J connectivity index is 2.10. The van der Waals surface area contributed by atoms with Crippen molar-refractivity contribution in [2.24, 2.45) is 0 Å². The van der Waals surface area contributed by atoms with Crippen molar-refractivity contribution < 1.29 is 9.53 Å². The van der Waals surface area contributed by atoms with E-state index in [0.29, 0.717) is 12.1 Å². The van der Waals surface area contributed by atoms with Gasteiger partial charge in [0.1, 0.15) is 6.04 Å². The molecule has 0 spiro atoms. The molecule has 0 unspecified atom stereocenters. The molecule has 0 radical (unpaired) electrons. The van der Waals surface area contributed by atoms with Crippen LogP contribution in [0.5, 0.6) is 0 Å². The van der Waals surface area contributed by atoms with Gasteiger partial charge in [-0.3, -0.25) is 9.69 Å². The molecular formula is C11H19NO2. The molecular weight excluding hydrogens is 178 g/mol. The van der Waals surface area contributed by atoms with Crippen LogP contribution in [0, 0.1) is 0 Å². The summed E-state index contributed by atoms with van der Waals surface area (Å²) < 4.78 is 4.85. The van der Waals surface area contributed by atoms with Crippen molar-refractivity contribution in [3.63, 3.8) is 0 Å². The van der Waals surface area contributed by atoms with Crippen molar-refractivity contribution >= 4 is 5.97 Å². The van der Waals surface area contributed by atoms with Gasteiger partial charge in [0.05, 0.1) is 7.11 Å². The SMILES string of the molecule is COC(=O)[C@@H]1CC[C@@H]2CCC[C@H](C)N21. The predicted molar refractivity (Wildman–Crippen MR) is 54.0 cm³/mol. The van der Waals surface area contributed by atoms with E-state index in [0.717, 1.165) is 6.42 Å². The quantitative estimate of drug-likeness (QED) is 0.597. The molecule has 0 aromatic carbocycles. The van der Waals surface area contributed by atoms with Crippen LogP contribution in [0.1, 0.15) is 39.0 Å². The third-order valence-electron chi connectivity index (χ3n) is 3.70. The summed E-state index contributed by atoms with van der Waals surface area (Å²) in [7, 11) is 1.49. The number of carbonyl (C=O) groups excluding carboxylic acids is 1. The van der Waals surface area contributed by atoms with E-state index in [2.05, 4.69) is 11.8 Å². The van der Waals surface area contributed by atoms with Crippen LogP contribution in [0.15, 0.2) is 0 Å². The second-order valence-electron chi connectivity index (χ2n) is 4.50. The fourth-order valence-corrected chi connectivity index (χ4v) is 3.04. The number of hydrogen-bond donors (Lipinski definition) is 0. The van der Waals surface area contributed by atoms with E-state index in [9.17, 15) is 4.79 Å². The van der Waals surface area contributed by atoms with Crippen molar-refractivity contribution in [3.8, 4) is 0 Å². The molecule has 0 aliphatic carbocycles. The van der Waals surface area contributed by atoms with Crippen molar-refractivity contribution in [1.29, 1.82) is 0 Å². The Labute approximate surface area is 85.4 Å². The molecule has 2 rings (SSSR count). The Kier molecular flexibility index (Phi) is 2.77. The van der Waals surface area contributed by atoms with E-state index in [1.165, 1.54) is 32.8 Å². The first-order valence-electron chi connectivity index (χ1n) is 5.59. The average molecular weight is 197 g/mol. The molecule has 0 aromatic rings. The first kappa shape index (κ1) is 9.97. The highest BCUT2D eigenvalue weighted by atomic mass is 16.5. The summed E-state index contributed by atoms with van der Waals surface area (Å²) in [5.41, 5.74) is 0. The van der Waals surface area contributed by atoms with E-state index in [-0.39, 0.29) is 12.0 Å². The zero-order valence-corrected chi connectivity index (χ0v) is 9.03. The summed E-state index contributed by atoms with van der Waals surface area (Å²) in [6, 6.07) is 1.24. The maximum Gasteiger partial charge on any atom is 0.323 e. The molecule has 0 amide bonds. The number of piperidine rings is 1. The van der Waals surface area contributed by atoms with E-state index < -0.39 is 0 Å². The fourth-order valence-electron chi connectivity index (χ4n) is 3.04. The van der Waals surface area contributed by atoms with Crippen molar-refractivity contribution in [2.75, 3.05) is 7.11 Å². The maximum absolute atomic E-state index is 11.6. The Hall–Kier alpha value is -0.570. The number of esters is 1. The lowest BCUT2D eigenvalue weighted by Crippen LogP contribution is -2.48. The zero-order chi connectivity index (χ0) is 10.1. The minimum Gasteiger partial charge on any atom is -0.468 e. The summed E-state index contributed by atoms with van der Waals surface area (Å²) >= 11 is 0. The number of hydrogen-bond acceptors (Lipinski definition) is 3. The lowest BCUT2D eigenvalue weighted by molar-refractivity contribution is -0.147. The molecule has 14 heavy (non-hydrogen) atoms. The van der Waals surface area contributed by atoms with Gasteiger partial charge in [0.15, 0.2) is 0 Å². The molecule has 80 valence electrons. The van der Waals surface area contributed by atoms with E-state index in [4.69, 9.17) is 4.74 Å². The molecule has 2 aliphatic rings. The van der Waals surface area contributed by atoms with Crippen LogP contribution in [0.2, 0.25) is 0 Å². The van der Waals surface area contributed by atoms with Gasteiger partial charge in [-0.2, -0.15) is 0 Å². The van der Waals surface area contributed by atoms with Crippen molar-refractivity contribution in [2.45, 2.75) is 57.2 Å². The average Bonchev–Trinajstić information content (AvgIpc) is 2.62. The second-order valence-corrected chi connectivity index (χ2v) is 4.50. The smallest absolute Gasteiger partial charge is 0.323 e. The topological polar surface area (TPSA) is 29.5 Å². The largest absolute Gasteiger partial charge is 0.468 e. The van der Waals surface area contributed by atoms with Gasteiger partial charge in [0, 0.05) is 12.1 Å². The van der Waals surface area contributed by atoms with Crippen LogP contribution < -0.4 is 0 Å². The number of rotatable bonds is 1. The first-order valence-corrected chi connectivity index (χ1v) is 5.59. The van der Waals surface area contributed by atoms with Gasteiger partial charge < -0.3 is 4.74 Å². The van der Waals surface area contributed by atoms with Crippen LogP contribution in [-0.4, -0.2) is 36.1 Å². The van der Waals surface area contributed by atoms with Gasteiger partial charge >= 0.3 is 5.97 Å². The number of nitrogens with zero attached hydrogens (tertiary/aromatic N) is 1. The highest BCUT2D eigenvalue weighted by Crippen LogP contribution is 2.35. The molecule has 3 heteroatoms. The maximum atomic E-state index is 11.6. The lowest BCUT2D eigenvalue weighted by Gasteiger charge is -2.38. The Morgan fingerprint density at radius 3 is 2.79 bits per heavy atom.